The molecule has 1 unspecified atom stereocenters. The number of hydrogen-bond donors (Lipinski definition) is 2. The molecular weight excluding hydrogens is 304 g/mol. The zero-order valence-electron chi connectivity index (χ0n) is 14.0. The first-order chi connectivity index (χ1) is 11.6. The summed E-state index contributed by atoms with van der Waals surface area (Å²) >= 11 is 0. The van der Waals surface area contributed by atoms with Crippen molar-refractivity contribution in [3.63, 3.8) is 0 Å². The van der Waals surface area contributed by atoms with Gasteiger partial charge in [0.1, 0.15) is 5.82 Å². The summed E-state index contributed by atoms with van der Waals surface area (Å²) in [7, 11) is 0. The van der Waals surface area contributed by atoms with Crippen LogP contribution in [0.25, 0.3) is 0 Å². The summed E-state index contributed by atoms with van der Waals surface area (Å²) in [5.41, 5.74) is 0.485. The molecule has 1 aromatic rings. The van der Waals surface area contributed by atoms with Crippen LogP contribution in [0.15, 0.2) is 18.3 Å². The zero-order valence-corrected chi connectivity index (χ0v) is 14.0. The molecule has 6 nitrogen and oxygen atoms in total. The Hall–Kier alpha value is -2.55. The maximum absolute atomic E-state index is 11.8. The van der Waals surface area contributed by atoms with Gasteiger partial charge in [0.2, 0.25) is 5.91 Å². The van der Waals surface area contributed by atoms with Gasteiger partial charge in [0.25, 0.3) is 5.91 Å². The Balaban J connectivity index is 1.94. The van der Waals surface area contributed by atoms with Gasteiger partial charge >= 0.3 is 0 Å². The van der Waals surface area contributed by atoms with Crippen LogP contribution in [0.4, 0.5) is 5.82 Å². The van der Waals surface area contributed by atoms with Crippen molar-refractivity contribution in [2.75, 3.05) is 24.5 Å². The van der Waals surface area contributed by atoms with Crippen molar-refractivity contribution in [2.24, 2.45) is 0 Å². The minimum absolute atomic E-state index is 0.109. The van der Waals surface area contributed by atoms with Gasteiger partial charge in [-0.05, 0) is 31.4 Å². The Morgan fingerprint density at radius 1 is 1.46 bits per heavy atom. The lowest BCUT2D eigenvalue weighted by atomic mass is 10.1. The fraction of sp³-hybridized carbons (Fsp3) is 0.500. The predicted molar refractivity (Wildman–Crippen MR) is 93.7 cm³/mol. The van der Waals surface area contributed by atoms with Crippen LogP contribution in [-0.4, -0.2) is 42.5 Å². The molecule has 1 saturated heterocycles. The third-order valence-electron chi connectivity index (χ3n) is 3.95. The second kappa shape index (κ2) is 8.92. The number of hydrogen-bond acceptors (Lipinski definition) is 4. The average molecular weight is 328 g/mol. The van der Waals surface area contributed by atoms with E-state index in [1.54, 1.807) is 12.3 Å². The molecule has 6 heteroatoms. The summed E-state index contributed by atoms with van der Waals surface area (Å²) in [5.74, 6) is 3.07. The molecule has 1 aliphatic heterocycles. The van der Waals surface area contributed by atoms with Crippen molar-refractivity contribution in [1.29, 1.82) is 0 Å². The molecular formula is C18H24N4O2. The summed E-state index contributed by atoms with van der Waals surface area (Å²) < 4.78 is 0. The monoisotopic (exact) mass is 328 g/mol. The number of terminal acetylenes is 1. The SMILES string of the molecule is C#CCNC(=O)c1ccc(N2CCCC(NC(=O)CCC)C2)nc1. The number of anilines is 1. The maximum atomic E-state index is 11.8. The smallest absolute Gasteiger partial charge is 0.253 e. The standard InChI is InChI=1S/C18H24N4O2/c1-3-6-17(23)21-15-7-5-11-22(13-15)16-9-8-14(12-20-16)18(24)19-10-4-2/h2,8-9,12,15H,3,5-7,10-11,13H2,1H3,(H,19,24)(H,21,23). The third kappa shape index (κ3) is 4.98. The molecule has 2 N–H and O–H groups in total. The fourth-order valence-corrected chi connectivity index (χ4v) is 2.77. The highest BCUT2D eigenvalue weighted by molar-refractivity contribution is 5.94. The van der Waals surface area contributed by atoms with E-state index in [2.05, 4.69) is 26.4 Å². The van der Waals surface area contributed by atoms with Crippen LogP contribution >= 0.6 is 0 Å². The van der Waals surface area contributed by atoms with Crippen molar-refractivity contribution in [2.45, 2.75) is 38.6 Å². The lowest BCUT2D eigenvalue weighted by molar-refractivity contribution is -0.121. The lowest BCUT2D eigenvalue weighted by Gasteiger charge is -2.34. The molecule has 0 spiro atoms. The molecule has 0 aromatic carbocycles. The van der Waals surface area contributed by atoms with Crippen molar-refractivity contribution >= 4 is 17.6 Å². The van der Waals surface area contributed by atoms with Gasteiger partial charge in [0.05, 0.1) is 12.1 Å². The molecule has 0 saturated carbocycles. The van der Waals surface area contributed by atoms with E-state index in [1.807, 2.05) is 13.0 Å². The Bertz CT molecular complexity index is 606. The second-order valence-corrected chi connectivity index (χ2v) is 5.89. The van der Waals surface area contributed by atoms with Gasteiger partial charge in [0, 0.05) is 31.7 Å². The summed E-state index contributed by atoms with van der Waals surface area (Å²) in [6, 6.07) is 3.73. The molecule has 128 valence electrons. The minimum atomic E-state index is -0.227. The molecule has 2 rings (SSSR count). The number of nitrogens with one attached hydrogen (secondary N) is 2. The summed E-state index contributed by atoms with van der Waals surface area (Å²) in [5, 5.41) is 5.69. The molecule has 1 atom stereocenters. The van der Waals surface area contributed by atoms with E-state index in [4.69, 9.17) is 6.42 Å². The normalized spacial score (nSPS) is 17.0. The van der Waals surface area contributed by atoms with Crippen LogP contribution in [0.2, 0.25) is 0 Å². The van der Waals surface area contributed by atoms with Crippen molar-refractivity contribution in [3.8, 4) is 12.3 Å². The average Bonchev–Trinajstić information content (AvgIpc) is 2.60. The van der Waals surface area contributed by atoms with Crippen LogP contribution in [0.1, 0.15) is 43.0 Å². The first-order valence-corrected chi connectivity index (χ1v) is 8.36. The van der Waals surface area contributed by atoms with Gasteiger partial charge < -0.3 is 15.5 Å². The molecule has 0 radical (unpaired) electrons. The number of pyridine rings is 1. The van der Waals surface area contributed by atoms with Crippen LogP contribution in [0, 0.1) is 12.3 Å². The van der Waals surface area contributed by atoms with Gasteiger partial charge in [0.15, 0.2) is 0 Å². The minimum Gasteiger partial charge on any atom is -0.355 e. The number of rotatable bonds is 6. The van der Waals surface area contributed by atoms with Crippen LogP contribution in [0.5, 0.6) is 0 Å². The zero-order chi connectivity index (χ0) is 17.4. The maximum Gasteiger partial charge on any atom is 0.253 e. The van der Waals surface area contributed by atoms with E-state index >= 15 is 0 Å². The molecule has 0 bridgehead atoms. The molecule has 1 aliphatic rings. The number of carbonyl (C=O) groups is 2. The Kier molecular flexibility index (Phi) is 6.62. The van der Waals surface area contributed by atoms with Gasteiger partial charge in [-0.2, -0.15) is 0 Å². The highest BCUT2D eigenvalue weighted by Crippen LogP contribution is 2.18. The number of piperidine rings is 1. The predicted octanol–water partition coefficient (Wildman–Crippen LogP) is 1.33. The summed E-state index contributed by atoms with van der Waals surface area (Å²) in [4.78, 5) is 30.1. The highest BCUT2D eigenvalue weighted by atomic mass is 16.2. The summed E-state index contributed by atoms with van der Waals surface area (Å²) in [6.45, 7) is 3.84. The van der Waals surface area contributed by atoms with E-state index in [1.165, 1.54) is 0 Å². The summed E-state index contributed by atoms with van der Waals surface area (Å²) in [6.07, 6.45) is 10.1. The van der Waals surface area contributed by atoms with E-state index < -0.39 is 0 Å². The molecule has 24 heavy (non-hydrogen) atoms. The van der Waals surface area contributed by atoms with E-state index in [-0.39, 0.29) is 24.4 Å². The molecule has 1 fully saturated rings. The van der Waals surface area contributed by atoms with Crippen molar-refractivity contribution in [1.82, 2.24) is 15.6 Å². The Morgan fingerprint density at radius 2 is 2.29 bits per heavy atom. The van der Waals surface area contributed by atoms with Crippen LogP contribution < -0.4 is 15.5 Å². The number of carbonyl (C=O) groups excluding carboxylic acids is 2. The van der Waals surface area contributed by atoms with E-state index in [9.17, 15) is 9.59 Å². The topological polar surface area (TPSA) is 74.3 Å². The van der Waals surface area contributed by atoms with Crippen LogP contribution in [0.3, 0.4) is 0 Å². The van der Waals surface area contributed by atoms with Crippen molar-refractivity contribution < 1.29 is 9.59 Å². The lowest BCUT2D eigenvalue weighted by Crippen LogP contribution is -2.48. The third-order valence-corrected chi connectivity index (χ3v) is 3.95. The highest BCUT2D eigenvalue weighted by Gasteiger charge is 2.22. The largest absolute Gasteiger partial charge is 0.355 e. The first kappa shape index (κ1) is 17.8. The number of nitrogens with zero attached hydrogens (tertiary/aromatic N) is 2. The number of aromatic nitrogens is 1. The van der Waals surface area contributed by atoms with Crippen molar-refractivity contribution in [3.05, 3.63) is 23.9 Å². The second-order valence-electron chi connectivity index (χ2n) is 5.89. The van der Waals surface area contributed by atoms with Gasteiger partial charge in [-0.25, -0.2) is 4.98 Å². The van der Waals surface area contributed by atoms with Gasteiger partial charge in [-0.3, -0.25) is 9.59 Å². The Morgan fingerprint density at radius 3 is 2.96 bits per heavy atom. The number of amides is 2. The van der Waals surface area contributed by atoms with E-state index in [0.717, 1.165) is 38.2 Å². The fourth-order valence-electron chi connectivity index (χ4n) is 2.77. The van der Waals surface area contributed by atoms with Gasteiger partial charge in [-0.15, -0.1) is 6.42 Å². The molecule has 2 heterocycles. The van der Waals surface area contributed by atoms with E-state index in [0.29, 0.717) is 12.0 Å². The van der Waals surface area contributed by atoms with Crippen LogP contribution in [-0.2, 0) is 4.79 Å². The molecule has 0 aliphatic carbocycles. The first-order valence-electron chi connectivity index (χ1n) is 8.36. The molecule has 1 aromatic heterocycles. The Labute approximate surface area is 143 Å². The molecule has 2 amide bonds. The van der Waals surface area contributed by atoms with Gasteiger partial charge in [-0.1, -0.05) is 12.8 Å². The quantitative estimate of drug-likeness (QED) is 0.773.